The Hall–Kier alpha value is -0.340. The first kappa shape index (κ1) is 17.0. The van der Waals surface area contributed by atoms with Crippen LogP contribution in [0.5, 0.6) is 0 Å². The average molecular weight is 352 g/mol. The van der Waals surface area contributed by atoms with Crippen LogP contribution in [0.1, 0.15) is 63.9 Å². The predicted octanol–water partition coefficient (Wildman–Crippen LogP) is 5.72. The van der Waals surface area contributed by atoms with Crippen LogP contribution in [0, 0.1) is 5.92 Å². The molecule has 1 aliphatic carbocycles. The minimum atomic E-state index is 0.630. The second-order valence-corrected chi connectivity index (χ2v) is 7.38. The van der Waals surface area contributed by atoms with Crippen molar-refractivity contribution in [3.8, 4) is 0 Å². The van der Waals surface area contributed by atoms with E-state index >= 15 is 0 Å². The number of benzene rings is 1. The summed E-state index contributed by atoms with van der Waals surface area (Å²) in [6, 6.07) is 9.30. The van der Waals surface area contributed by atoms with Crippen LogP contribution < -0.4 is 5.32 Å². The van der Waals surface area contributed by atoms with Crippen molar-refractivity contribution in [3.05, 3.63) is 34.3 Å². The third-order valence-corrected chi connectivity index (χ3v) is 5.53. The molecule has 118 valence electrons. The van der Waals surface area contributed by atoms with Gasteiger partial charge in [-0.3, -0.25) is 0 Å². The predicted molar refractivity (Wildman–Crippen MR) is 95.7 cm³/mol. The highest BCUT2D eigenvalue weighted by Gasteiger charge is 2.17. The molecule has 1 fully saturated rings. The summed E-state index contributed by atoms with van der Waals surface area (Å²) in [6.45, 7) is 3.39. The molecule has 0 radical (unpaired) electrons. The SMILES string of the molecule is CCCNC(CCC1CCCCC1)Cc1ccccc1Br. The molecule has 1 unspecified atom stereocenters. The highest BCUT2D eigenvalue weighted by molar-refractivity contribution is 9.10. The van der Waals surface area contributed by atoms with Gasteiger partial charge in [-0.1, -0.05) is 73.2 Å². The van der Waals surface area contributed by atoms with Crippen molar-refractivity contribution < 1.29 is 0 Å². The maximum atomic E-state index is 3.76. The van der Waals surface area contributed by atoms with Crippen molar-refractivity contribution in [2.75, 3.05) is 6.54 Å². The lowest BCUT2D eigenvalue weighted by Gasteiger charge is -2.25. The molecule has 0 aromatic heterocycles. The molecule has 0 spiro atoms. The van der Waals surface area contributed by atoms with Crippen molar-refractivity contribution in [3.63, 3.8) is 0 Å². The number of nitrogens with one attached hydrogen (secondary N) is 1. The van der Waals surface area contributed by atoms with Crippen LogP contribution in [-0.4, -0.2) is 12.6 Å². The summed E-state index contributed by atoms with van der Waals surface area (Å²) >= 11 is 3.69. The fraction of sp³-hybridized carbons (Fsp3) is 0.684. The van der Waals surface area contributed by atoms with E-state index in [1.807, 2.05) is 0 Å². The molecule has 0 amide bonds. The van der Waals surface area contributed by atoms with Gasteiger partial charge in [-0.05, 0) is 49.8 Å². The van der Waals surface area contributed by atoms with Crippen molar-refractivity contribution in [1.29, 1.82) is 0 Å². The van der Waals surface area contributed by atoms with E-state index in [1.165, 1.54) is 61.4 Å². The zero-order valence-corrected chi connectivity index (χ0v) is 15.0. The molecule has 1 saturated carbocycles. The second-order valence-electron chi connectivity index (χ2n) is 6.53. The normalized spacial score (nSPS) is 17.8. The number of rotatable bonds is 8. The van der Waals surface area contributed by atoms with E-state index in [0.29, 0.717) is 6.04 Å². The number of halogens is 1. The van der Waals surface area contributed by atoms with Crippen LogP contribution in [0.25, 0.3) is 0 Å². The summed E-state index contributed by atoms with van der Waals surface area (Å²) in [5.74, 6) is 0.990. The Morgan fingerprint density at radius 2 is 1.95 bits per heavy atom. The maximum Gasteiger partial charge on any atom is 0.0207 e. The number of hydrogen-bond donors (Lipinski definition) is 1. The summed E-state index contributed by atoms with van der Waals surface area (Å²) in [5.41, 5.74) is 1.44. The standard InChI is InChI=1S/C19H30BrN/c1-2-14-21-18(13-12-16-8-4-3-5-9-16)15-17-10-6-7-11-19(17)20/h6-7,10-11,16,18,21H,2-5,8-9,12-15H2,1H3. The van der Waals surface area contributed by atoms with Gasteiger partial charge >= 0.3 is 0 Å². The van der Waals surface area contributed by atoms with Gasteiger partial charge in [0.1, 0.15) is 0 Å². The van der Waals surface area contributed by atoms with Gasteiger partial charge in [0.05, 0.1) is 0 Å². The zero-order chi connectivity index (χ0) is 14.9. The first-order valence-corrected chi connectivity index (χ1v) is 9.55. The lowest BCUT2D eigenvalue weighted by molar-refractivity contribution is 0.312. The molecular weight excluding hydrogens is 322 g/mol. The van der Waals surface area contributed by atoms with Gasteiger partial charge in [0, 0.05) is 10.5 Å². The molecule has 2 rings (SSSR count). The van der Waals surface area contributed by atoms with E-state index < -0.39 is 0 Å². The summed E-state index contributed by atoms with van der Waals surface area (Å²) < 4.78 is 1.26. The first-order valence-electron chi connectivity index (χ1n) is 8.76. The van der Waals surface area contributed by atoms with Crippen LogP contribution in [0.2, 0.25) is 0 Å². The van der Waals surface area contributed by atoms with E-state index in [0.717, 1.165) is 18.9 Å². The maximum absolute atomic E-state index is 3.76. The topological polar surface area (TPSA) is 12.0 Å². The molecular formula is C19H30BrN. The van der Waals surface area contributed by atoms with Crippen LogP contribution in [0.4, 0.5) is 0 Å². The van der Waals surface area contributed by atoms with E-state index in [4.69, 9.17) is 0 Å². The van der Waals surface area contributed by atoms with Gasteiger partial charge in [0.2, 0.25) is 0 Å². The fourth-order valence-corrected chi connectivity index (χ4v) is 3.91. The Morgan fingerprint density at radius 1 is 1.19 bits per heavy atom. The lowest BCUT2D eigenvalue weighted by Crippen LogP contribution is -2.32. The molecule has 1 atom stereocenters. The van der Waals surface area contributed by atoms with Gasteiger partial charge in [-0.25, -0.2) is 0 Å². The van der Waals surface area contributed by atoms with Crippen LogP contribution in [0.3, 0.4) is 0 Å². The van der Waals surface area contributed by atoms with E-state index in [2.05, 4.69) is 52.4 Å². The van der Waals surface area contributed by atoms with Crippen LogP contribution >= 0.6 is 15.9 Å². The highest BCUT2D eigenvalue weighted by atomic mass is 79.9. The van der Waals surface area contributed by atoms with Gasteiger partial charge < -0.3 is 5.32 Å². The van der Waals surface area contributed by atoms with Crippen molar-refractivity contribution >= 4 is 15.9 Å². The molecule has 0 saturated heterocycles. The fourth-order valence-electron chi connectivity index (χ4n) is 3.47. The van der Waals surface area contributed by atoms with Gasteiger partial charge in [-0.2, -0.15) is 0 Å². The molecule has 1 N–H and O–H groups in total. The van der Waals surface area contributed by atoms with Gasteiger partial charge in [0.25, 0.3) is 0 Å². The number of hydrogen-bond acceptors (Lipinski definition) is 1. The van der Waals surface area contributed by atoms with Crippen LogP contribution in [0.15, 0.2) is 28.7 Å². The molecule has 0 aliphatic heterocycles. The molecule has 0 bridgehead atoms. The Morgan fingerprint density at radius 3 is 2.67 bits per heavy atom. The van der Waals surface area contributed by atoms with E-state index in [-0.39, 0.29) is 0 Å². The Bertz CT molecular complexity index is 398. The third kappa shape index (κ3) is 6.12. The minimum absolute atomic E-state index is 0.630. The van der Waals surface area contributed by atoms with Crippen molar-refractivity contribution in [2.24, 2.45) is 5.92 Å². The summed E-state index contributed by atoms with van der Waals surface area (Å²) in [7, 11) is 0. The average Bonchev–Trinajstić information content (AvgIpc) is 2.53. The monoisotopic (exact) mass is 351 g/mol. The molecule has 21 heavy (non-hydrogen) atoms. The van der Waals surface area contributed by atoms with Crippen molar-refractivity contribution in [2.45, 2.75) is 70.8 Å². The smallest absolute Gasteiger partial charge is 0.0207 e. The Kier molecular flexibility index (Phi) is 7.81. The van der Waals surface area contributed by atoms with E-state index in [1.54, 1.807) is 0 Å². The second kappa shape index (κ2) is 9.63. The van der Waals surface area contributed by atoms with E-state index in [9.17, 15) is 0 Å². The van der Waals surface area contributed by atoms with Crippen molar-refractivity contribution in [1.82, 2.24) is 5.32 Å². The lowest BCUT2D eigenvalue weighted by atomic mass is 9.84. The quantitative estimate of drug-likeness (QED) is 0.631. The molecule has 1 nitrogen and oxygen atoms in total. The third-order valence-electron chi connectivity index (χ3n) is 4.76. The Labute approximate surface area is 139 Å². The molecule has 1 aromatic rings. The zero-order valence-electron chi connectivity index (χ0n) is 13.4. The minimum Gasteiger partial charge on any atom is -0.314 e. The van der Waals surface area contributed by atoms with Crippen LogP contribution in [-0.2, 0) is 6.42 Å². The van der Waals surface area contributed by atoms with Gasteiger partial charge in [0.15, 0.2) is 0 Å². The molecule has 2 heteroatoms. The molecule has 1 aliphatic rings. The molecule has 0 heterocycles. The summed E-state index contributed by atoms with van der Waals surface area (Å²) in [6.07, 6.45) is 12.4. The highest BCUT2D eigenvalue weighted by Crippen LogP contribution is 2.28. The molecule has 1 aromatic carbocycles. The van der Waals surface area contributed by atoms with Gasteiger partial charge in [-0.15, -0.1) is 0 Å². The largest absolute Gasteiger partial charge is 0.314 e. The summed E-state index contributed by atoms with van der Waals surface area (Å²) in [4.78, 5) is 0. The first-order chi connectivity index (χ1) is 10.3. The Balaban J connectivity index is 1.86. The summed E-state index contributed by atoms with van der Waals surface area (Å²) in [5, 5.41) is 3.76.